The normalized spacial score (nSPS) is 11.0. The number of rotatable bonds is 4. The molecule has 1 aromatic carbocycles. The van der Waals surface area contributed by atoms with Crippen LogP contribution in [0.3, 0.4) is 0 Å². The van der Waals surface area contributed by atoms with Crippen LogP contribution >= 0.6 is 23.1 Å². The van der Waals surface area contributed by atoms with E-state index < -0.39 is 4.92 Å². The third-order valence-electron chi connectivity index (χ3n) is 3.13. The maximum atomic E-state index is 10.9. The zero-order valence-corrected chi connectivity index (χ0v) is 13.5. The summed E-state index contributed by atoms with van der Waals surface area (Å²) in [5.41, 5.74) is 1.04. The van der Waals surface area contributed by atoms with E-state index >= 15 is 0 Å². The average molecular weight is 356 g/mol. The first-order valence-corrected chi connectivity index (χ1v) is 8.44. The van der Waals surface area contributed by atoms with Crippen molar-refractivity contribution in [3.63, 3.8) is 0 Å². The molecule has 0 atom stereocenters. The molecule has 4 aromatic rings. The van der Waals surface area contributed by atoms with Crippen LogP contribution in [0.1, 0.15) is 0 Å². The topological polar surface area (TPSA) is 110 Å². The first kappa shape index (κ1) is 14.7. The first-order chi connectivity index (χ1) is 11.7. The number of fused-ring (bicyclic) bond motifs is 1. The van der Waals surface area contributed by atoms with Gasteiger partial charge in [0.2, 0.25) is 5.16 Å². The van der Waals surface area contributed by atoms with Crippen LogP contribution in [0.2, 0.25) is 0 Å². The Morgan fingerprint density at radius 1 is 1.21 bits per heavy atom. The number of H-pyrrole nitrogens is 1. The van der Waals surface area contributed by atoms with E-state index in [0.717, 1.165) is 4.88 Å². The molecule has 0 unspecified atom stereocenters. The van der Waals surface area contributed by atoms with Gasteiger partial charge < -0.3 is 0 Å². The molecule has 0 fully saturated rings. The van der Waals surface area contributed by atoms with Crippen molar-refractivity contribution in [3.05, 3.63) is 52.0 Å². The quantitative estimate of drug-likeness (QED) is 0.440. The van der Waals surface area contributed by atoms with Gasteiger partial charge in [0.1, 0.15) is 5.03 Å². The molecule has 1 N–H and O–H groups in total. The van der Waals surface area contributed by atoms with Crippen LogP contribution in [-0.4, -0.2) is 30.1 Å². The van der Waals surface area contributed by atoms with Crippen molar-refractivity contribution < 1.29 is 4.92 Å². The molecule has 3 aromatic heterocycles. The Balaban J connectivity index is 1.63. The summed E-state index contributed by atoms with van der Waals surface area (Å²) in [4.78, 5) is 24.5. The Morgan fingerprint density at radius 3 is 2.92 bits per heavy atom. The fourth-order valence-electron chi connectivity index (χ4n) is 2.05. The van der Waals surface area contributed by atoms with E-state index in [2.05, 4.69) is 25.1 Å². The minimum Gasteiger partial charge on any atom is -0.258 e. The lowest BCUT2D eigenvalue weighted by atomic mass is 10.3. The lowest BCUT2D eigenvalue weighted by molar-refractivity contribution is -0.384. The third-order valence-corrected chi connectivity index (χ3v) is 4.78. The van der Waals surface area contributed by atoms with Crippen LogP contribution in [0, 0.1) is 10.1 Å². The molecule has 0 radical (unpaired) electrons. The number of nitro benzene ring substituents is 1. The molecule has 0 saturated carbocycles. The second kappa shape index (κ2) is 5.98. The average Bonchev–Trinajstić information content (AvgIpc) is 3.25. The largest absolute Gasteiger partial charge is 0.271 e. The van der Waals surface area contributed by atoms with Gasteiger partial charge in [0.05, 0.1) is 27.0 Å². The van der Waals surface area contributed by atoms with Crippen molar-refractivity contribution in [3.8, 4) is 10.7 Å². The van der Waals surface area contributed by atoms with E-state index in [1.54, 1.807) is 23.6 Å². The maximum absolute atomic E-state index is 10.9. The minimum atomic E-state index is -0.455. The summed E-state index contributed by atoms with van der Waals surface area (Å²) < 4.78 is 0. The molecular formula is C14H8N6O2S2. The van der Waals surface area contributed by atoms with E-state index in [-0.39, 0.29) is 5.69 Å². The van der Waals surface area contributed by atoms with Crippen molar-refractivity contribution in [2.75, 3.05) is 0 Å². The van der Waals surface area contributed by atoms with E-state index in [1.807, 2.05) is 17.5 Å². The molecule has 0 aliphatic rings. The maximum Gasteiger partial charge on any atom is 0.271 e. The summed E-state index contributed by atoms with van der Waals surface area (Å²) >= 11 is 2.81. The van der Waals surface area contributed by atoms with Crippen molar-refractivity contribution in [2.45, 2.75) is 10.2 Å². The van der Waals surface area contributed by atoms with Crippen LogP contribution < -0.4 is 0 Å². The highest BCUT2D eigenvalue weighted by molar-refractivity contribution is 7.99. The molecule has 10 heteroatoms. The number of thiophene rings is 1. The van der Waals surface area contributed by atoms with Gasteiger partial charge in [-0.1, -0.05) is 6.07 Å². The minimum absolute atomic E-state index is 0.0168. The van der Waals surface area contributed by atoms with Gasteiger partial charge in [-0.3, -0.25) is 20.2 Å². The molecule has 3 heterocycles. The number of benzene rings is 1. The summed E-state index contributed by atoms with van der Waals surface area (Å²) in [6.45, 7) is 0. The van der Waals surface area contributed by atoms with Gasteiger partial charge >= 0.3 is 0 Å². The Bertz CT molecular complexity index is 1030. The molecule has 118 valence electrons. The van der Waals surface area contributed by atoms with E-state index in [4.69, 9.17) is 0 Å². The predicted molar refractivity (Wildman–Crippen MR) is 90.0 cm³/mol. The van der Waals surface area contributed by atoms with Crippen LogP contribution in [0.25, 0.3) is 21.7 Å². The number of nitrogens with zero attached hydrogens (tertiary/aromatic N) is 5. The summed E-state index contributed by atoms with van der Waals surface area (Å²) in [5, 5.41) is 20.9. The van der Waals surface area contributed by atoms with Gasteiger partial charge in [0.25, 0.3) is 5.69 Å². The van der Waals surface area contributed by atoms with Crippen molar-refractivity contribution in [1.29, 1.82) is 0 Å². The van der Waals surface area contributed by atoms with Crippen molar-refractivity contribution >= 4 is 39.8 Å². The number of aromatic nitrogens is 5. The highest BCUT2D eigenvalue weighted by atomic mass is 32.2. The second-order valence-corrected chi connectivity index (χ2v) is 6.62. The molecule has 0 amide bonds. The predicted octanol–water partition coefficient (Wildman–Crippen LogP) is 3.54. The molecule has 0 aliphatic carbocycles. The fraction of sp³-hybridized carbons (Fsp3) is 0. The summed E-state index contributed by atoms with van der Waals surface area (Å²) in [6, 6.07) is 8.29. The molecule has 24 heavy (non-hydrogen) atoms. The highest BCUT2D eigenvalue weighted by Gasteiger charge is 2.11. The Hall–Kier alpha value is -2.85. The number of non-ortho nitro benzene ring substituents is 1. The van der Waals surface area contributed by atoms with E-state index in [1.165, 1.54) is 23.9 Å². The van der Waals surface area contributed by atoms with Crippen molar-refractivity contribution in [2.24, 2.45) is 0 Å². The molecular weight excluding hydrogens is 348 g/mol. The molecule has 0 spiro atoms. The van der Waals surface area contributed by atoms with E-state index in [0.29, 0.717) is 27.0 Å². The standard InChI is InChI=1S/C14H8N6O2S2/c21-20(22)8-3-4-9-10(6-8)16-12(7-15-9)24-14-17-13(18-19-14)11-2-1-5-23-11/h1-7H,(H,17,18,19). The molecule has 0 saturated heterocycles. The molecule has 8 nitrogen and oxygen atoms in total. The number of nitro groups is 1. The van der Waals surface area contributed by atoms with Crippen LogP contribution in [-0.2, 0) is 0 Å². The summed E-state index contributed by atoms with van der Waals surface area (Å²) in [7, 11) is 0. The highest BCUT2D eigenvalue weighted by Crippen LogP contribution is 2.28. The Kier molecular flexibility index (Phi) is 3.67. The Morgan fingerprint density at radius 2 is 2.12 bits per heavy atom. The number of hydrogen-bond donors (Lipinski definition) is 1. The lowest BCUT2D eigenvalue weighted by Crippen LogP contribution is -1.91. The van der Waals surface area contributed by atoms with Crippen LogP contribution in [0.5, 0.6) is 0 Å². The molecule has 4 rings (SSSR count). The zero-order chi connectivity index (χ0) is 16.5. The lowest BCUT2D eigenvalue weighted by Gasteiger charge is -1.99. The molecule has 0 bridgehead atoms. The van der Waals surface area contributed by atoms with Gasteiger partial charge in [0, 0.05) is 12.1 Å². The monoisotopic (exact) mass is 356 g/mol. The summed E-state index contributed by atoms with van der Waals surface area (Å²) in [5.74, 6) is 0.692. The molecule has 0 aliphatic heterocycles. The number of hydrogen-bond acceptors (Lipinski definition) is 8. The summed E-state index contributed by atoms with van der Waals surface area (Å²) in [6.07, 6.45) is 1.60. The van der Waals surface area contributed by atoms with E-state index in [9.17, 15) is 10.1 Å². The third kappa shape index (κ3) is 2.84. The van der Waals surface area contributed by atoms with Gasteiger partial charge in [-0.2, -0.15) is 0 Å². The SMILES string of the molecule is O=[N+]([O-])c1ccc2ncc(Sc3n[nH]c(-c4cccs4)n3)nc2c1. The van der Waals surface area contributed by atoms with Gasteiger partial charge in [0.15, 0.2) is 5.82 Å². The number of nitrogens with one attached hydrogen (secondary N) is 1. The smallest absolute Gasteiger partial charge is 0.258 e. The fourth-order valence-corrected chi connectivity index (χ4v) is 3.38. The Labute approximate surface area is 143 Å². The number of aromatic amines is 1. The van der Waals surface area contributed by atoms with Gasteiger partial charge in [-0.15, -0.1) is 16.4 Å². The first-order valence-electron chi connectivity index (χ1n) is 6.74. The van der Waals surface area contributed by atoms with Crippen molar-refractivity contribution in [1.82, 2.24) is 25.1 Å². The van der Waals surface area contributed by atoms with Gasteiger partial charge in [-0.25, -0.2) is 9.97 Å². The van der Waals surface area contributed by atoms with Crippen LogP contribution in [0.4, 0.5) is 5.69 Å². The van der Waals surface area contributed by atoms with Crippen LogP contribution in [0.15, 0.2) is 52.1 Å². The second-order valence-electron chi connectivity index (χ2n) is 4.68. The van der Waals surface area contributed by atoms with Gasteiger partial charge in [-0.05, 0) is 29.3 Å². The zero-order valence-electron chi connectivity index (χ0n) is 11.9.